The molecule has 0 amide bonds. The lowest BCUT2D eigenvalue weighted by atomic mass is 10.0. The molecule has 0 saturated carbocycles. The number of ether oxygens (including phenoxy) is 1. The van der Waals surface area contributed by atoms with Crippen molar-refractivity contribution in [3.05, 3.63) is 63.6 Å². The quantitative estimate of drug-likeness (QED) is 0.519. The molecule has 6 heteroatoms. The molecular weight excluding hydrogens is 352 g/mol. The van der Waals surface area contributed by atoms with Crippen molar-refractivity contribution in [1.29, 1.82) is 0 Å². The Hall–Kier alpha value is -3.12. The zero-order valence-electron chi connectivity index (χ0n) is 16.6. The van der Waals surface area contributed by atoms with E-state index in [0.29, 0.717) is 24.4 Å². The molecule has 4 rings (SSSR count). The minimum Gasteiger partial charge on any atom is -0.383 e. The van der Waals surface area contributed by atoms with Gasteiger partial charge in [-0.3, -0.25) is 9.20 Å². The van der Waals surface area contributed by atoms with E-state index in [-0.39, 0.29) is 5.56 Å². The molecule has 0 saturated heterocycles. The lowest BCUT2D eigenvalue weighted by molar-refractivity contribution is 0.210. The number of fused-ring (bicyclic) bond motifs is 2. The lowest BCUT2D eigenvalue weighted by Crippen LogP contribution is -2.14. The second-order valence-corrected chi connectivity index (χ2v) is 7.15. The third-order valence-electron chi connectivity index (χ3n) is 4.99. The molecule has 0 aliphatic carbocycles. The Morgan fingerprint density at radius 2 is 2.00 bits per heavy atom. The first kappa shape index (κ1) is 18.3. The van der Waals surface area contributed by atoms with Crippen molar-refractivity contribution in [3.8, 4) is 11.3 Å². The number of nitrogens with zero attached hydrogens (tertiary/aromatic N) is 2. The second kappa shape index (κ2) is 7.13. The van der Waals surface area contributed by atoms with E-state index in [9.17, 15) is 4.79 Å². The number of hydrogen-bond donors (Lipinski definition) is 2. The number of anilines is 1. The van der Waals surface area contributed by atoms with Gasteiger partial charge in [0.1, 0.15) is 17.2 Å². The monoisotopic (exact) mass is 376 g/mol. The highest BCUT2D eigenvalue weighted by Gasteiger charge is 2.18. The summed E-state index contributed by atoms with van der Waals surface area (Å²) in [7, 11) is 1.67. The van der Waals surface area contributed by atoms with E-state index in [1.54, 1.807) is 7.11 Å². The van der Waals surface area contributed by atoms with Crippen LogP contribution >= 0.6 is 0 Å². The average molecular weight is 376 g/mol. The fourth-order valence-electron chi connectivity index (χ4n) is 3.74. The van der Waals surface area contributed by atoms with Gasteiger partial charge >= 0.3 is 0 Å². The largest absolute Gasteiger partial charge is 0.383 e. The van der Waals surface area contributed by atoms with Crippen LogP contribution in [0.3, 0.4) is 0 Å². The third-order valence-corrected chi connectivity index (χ3v) is 4.99. The molecule has 1 aromatic carbocycles. The van der Waals surface area contributed by atoms with Gasteiger partial charge in [0, 0.05) is 19.3 Å². The Labute approximate surface area is 163 Å². The van der Waals surface area contributed by atoms with Crippen LogP contribution in [0.5, 0.6) is 0 Å². The number of pyridine rings is 2. The van der Waals surface area contributed by atoms with Crippen molar-refractivity contribution in [2.75, 3.05) is 25.6 Å². The average Bonchev–Trinajstić information content (AvgIpc) is 3.02. The summed E-state index contributed by atoms with van der Waals surface area (Å²) in [6.07, 6.45) is 0. The van der Waals surface area contributed by atoms with Crippen LogP contribution in [0.15, 0.2) is 41.2 Å². The van der Waals surface area contributed by atoms with Crippen LogP contribution < -0.4 is 10.9 Å². The fraction of sp³-hybridized carbons (Fsp3) is 0.273. The van der Waals surface area contributed by atoms with Crippen molar-refractivity contribution in [3.63, 3.8) is 0 Å². The van der Waals surface area contributed by atoms with Crippen LogP contribution in [-0.2, 0) is 4.74 Å². The zero-order valence-corrected chi connectivity index (χ0v) is 16.6. The van der Waals surface area contributed by atoms with E-state index < -0.39 is 0 Å². The van der Waals surface area contributed by atoms with Crippen LogP contribution in [0.25, 0.3) is 27.8 Å². The Morgan fingerprint density at radius 1 is 1.18 bits per heavy atom. The van der Waals surface area contributed by atoms with E-state index in [0.717, 1.165) is 39.2 Å². The number of hydrogen-bond acceptors (Lipinski definition) is 4. The number of aromatic nitrogens is 3. The van der Waals surface area contributed by atoms with E-state index >= 15 is 0 Å². The Kier molecular flexibility index (Phi) is 4.65. The van der Waals surface area contributed by atoms with Gasteiger partial charge in [-0.1, -0.05) is 17.7 Å². The van der Waals surface area contributed by atoms with Gasteiger partial charge in [-0.05, 0) is 56.0 Å². The van der Waals surface area contributed by atoms with Crippen LogP contribution in [0, 0.1) is 20.8 Å². The summed E-state index contributed by atoms with van der Waals surface area (Å²) in [5.41, 5.74) is 5.99. The molecule has 3 aromatic heterocycles. The number of benzene rings is 1. The number of methoxy groups -OCH3 is 1. The minimum absolute atomic E-state index is 0.143. The summed E-state index contributed by atoms with van der Waals surface area (Å²) in [6.45, 7) is 7.28. The van der Waals surface area contributed by atoms with Crippen molar-refractivity contribution >= 4 is 22.4 Å². The molecular formula is C22H24N4O2. The van der Waals surface area contributed by atoms with Crippen molar-refractivity contribution in [1.82, 2.24) is 14.4 Å². The summed E-state index contributed by atoms with van der Waals surface area (Å²) in [5, 5.41) is 4.40. The van der Waals surface area contributed by atoms with Gasteiger partial charge in [0.2, 0.25) is 0 Å². The number of aromatic amines is 1. The predicted octanol–water partition coefficient (Wildman–Crippen LogP) is 3.83. The van der Waals surface area contributed by atoms with Crippen LogP contribution in [0.4, 0.5) is 5.82 Å². The number of nitrogens with one attached hydrogen (secondary N) is 2. The van der Waals surface area contributed by atoms with Gasteiger partial charge in [0.15, 0.2) is 0 Å². The molecule has 0 fully saturated rings. The molecule has 4 aromatic rings. The van der Waals surface area contributed by atoms with Gasteiger partial charge in [-0.25, -0.2) is 4.98 Å². The van der Waals surface area contributed by atoms with Gasteiger partial charge < -0.3 is 15.0 Å². The summed E-state index contributed by atoms with van der Waals surface area (Å²) in [6, 6.07) is 12.0. The topological polar surface area (TPSA) is 71.4 Å². The van der Waals surface area contributed by atoms with Crippen LogP contribution in [0.1, 0.15) is 16.8 Å². The highest BCUT2D eigenvalue weighted by Crippen LogP contribution is 2.30. The molecule has 6 nitrogen and oxygen atoms in total. The highest BCUT2D eigenvalue weighted by molar-refractivity contribution is 5.88. The van der Waals surface area contributed by atoms with Gasteiger partial charge in [0.25, 0.3) is 5.56 Å². The molecule has 0 bridgehead atoms. The van der Waals surface area contributed by atoms with Crippen LogP contribution in [-0.4, -0.2) is 34.6 Å². The molecule has 0 aliphatic heterocycles. The van der Waals surface area contributed by atoms with E-state index in [1.165, 1.54) is 0 Å². The molecule has 0 atom stereocenters. The van der Waals surface area contributed by atoms with E-state index in [2.05, 4.69) is 29.4 Å². The number of H-pyrrole nitrogens is 1. The highest BCUT2D eigenvalue weighted by atomic mass is 16.5. The fourth-order valence-corrected chi connectivity index (χ4v) is 3.74. The maximum Gasteiger partial charge on any atom is 0.258 e. The van der Waals surface area contributed by atoms with Crippen molar-refractivity contribution in [2.24, 2.45) is 0 Å². The van der Waals surface area contributed by atoms with Gasteiger partial charge in [-0.15, -0.1) is 0 Å². The number of rotatable bonds is 5. The normalized spacial score (nSPS) is 11.4. The molecule has 2 N–H and O–H groups in total. The number of aryl methyl sites for hydroxylation is 3. The molecule has 0 aliphatic rings. The number of imidazole rings is 1. The Balaban J connectivity index is 1.98. The summed E-state index contributed by atoms with van der Waals surface area (Å²) in [5.74, 6) is 0.805. The smallest absolute Gasteiger partial charge is 0.258 e. The van der Waals surface area contributed by atoms with Crippen LogP contribution in [0.2, 0.25) is 0 Å². The van der Waals surface area contributed by atoms with Crippen molar-refractivity contribution < 1.29 is 4.74 Å². The first-order valence-electron chi connectivity index (χ1n) is 9.35. The summed E-state index contributed by atoms with van der Waals surface area (Å²) in [4.78, 5) is 20.8. The molecule has 3 heterocycles. The lowest BCUT2D eigenvalue weighted by Gasteiger charge is -2.11. The predicted molar refractivity (Wildman–Crippen MR) is 113 cm³/mol. The molecule has 144 valence electrons. The SMILES string of the molecule is COCCNc1c(-c2cc3cc(C)cc(C)c3[nH]c2=O)nc2cccc(C)n12. The van der Waals surface area contributed by atoms with E-state index in [1.807, 2.05) is 42.5 Å². The molecule has 0 spiro atoms. The summed E-state index contributed by atoms with van der Waals surface area (Å²) < 4.78 is 7.21. The maximum absolute atomic E-state index is 13.0. The minimum atomic E-state index is -0.143. The first-order chi connectivity index (χ1) is 13.5. The summed E-state index contributed by atoms with van der Waals surface area (Å²) >= 11 is 0. The first-order valence-corrected chi connectivity index (χ1v) is 9.35. The third kappa shape index (κ3) is 3.05. The molecule has 0 radical (unpaired) electrons. The second-order valence-electron chi connectivity index (χ2n) is 7.15. The van der Waals surface area contributed by atoms with Crippen molar-refractivity contribution in [2.45, 2.75) is 20.8 Å². The van der Waals surface area contributed by atoms with Gasteiger partial charge in [0.05, 0.1) is 17.7 Å². The molecule has 28 heavy (non-hydrogen) atoms. The molecule has 0 unspecified atom stereocenters. The zero-order chi connectivity index (χ0) is 19.8. The van der Waals surface area contributed by atoms with E-state index in [4.69, 9.17) is 9.72 Å². The standard InChI is InChI=1S/C22H24N4O2/c1-13-10-14(2)19-16(11-13)12-17(22(27)25-19)20-21(23-8-9-28-4)26-15(3)6-5-7-18(26)24-20/h5-7,10-12,23H,8-9H2,1-4H3,(H,25,27). The Morgan fingerprint density at radius 3 is 2.79 bits per heavy atom. The van der Waals surface area contributed by atoms with Gasteiger partial charge in [-0.2, -0.15) is 0 Å². The maximum atomic E-state index is 13.0. The Bertz CT molecular complexity index is 1240.